The van der Waals surface area contributed by atoms with Gasteiger partial charge in [-0.05, 0) is 48.5 Å². The van der Waals surface area contributed by atoms with Gasteiger partial charge in [0, 0.05) is 17.8 Å². The molecular weight excluding hydrogens is 489 g/mol. The summed E-state index contributed by atoms with van der Waals surface area (Å²) in [4.78, 5) is 9.71. The Bertz CT molecular complexity index is 1360. The Morgan fingerprint density at radius 2 is 1.29 bits per heavy atom. The zero-order chi connectivity index (χ0) is 22.8. The van der Waals surface area contributed by atoms with Crippen LogP contribution in [-0.2, 0) is 20.0 Å². The number of hydrogen-bond acceptors (Lipinski definition) is 6. The molecule has 0 aliphatic rings. The van der Waals surface area contributed by atoms with E-state index in [2.05, 4.69) is 9.44 Å². The predicted octanol–water partition coefficient (Wildman–Crippen LogP) is 4.50. The molecule has 0 aromatic heterocycles. The third-order valence-corrected chi connectivity index (χ3v) is 7.44. The average Bonchev–Trinajstić information content (AvgIpc) is 2.71. The standard InChI is InChI=1S/C18H13Cl2N3O6S2/c19-17-9-6-13(10-18(17)20)22-30(26,27)15-7-4-12(5-8-15)21-31(28,29)16-3-1-2-14(11-16)23(24)25/h1-11,21-22H. The monoisotopic (exact) mass is 501 g/mol. The minimum absolute atomic E-state index is 0.0694. The molecule has 0 atom stereocenters. The van der Waals surface area contributed by atoms with Crippen molar-refractivity contribution in [2.45, 2.75) is 9.79 Å². The van der Waals surface area contributed by atoms with Gasteiger partial charge >= 0.3 is 0 Å². The van der Waals surface area contributed by atoms with Gasteiger partial charge in [-0.2, -0.15) is 0 Å². The summed E-state index contributed by atoms with van der Waals surface area (Å²) in [5.41, 5.74) is -0.109. The molecule has 0 radical (unpaired) electrons. The molecule has 0 spiro atoms. The summed E-state index contributed by atoms with van der Waals surface area (Å²) in [6.07, 6.45) is 0. The van der Waals surface area contributed by atoms with Crippen molar-refractivity contribution in [2.75, 3.05) is 9.44 Å². The van der Waals surface area contributed by atoms with Crippen LogP contribution >= 0.6 is 23.2 Å². The maximum Gasteiger partial charge on any atom is 0.270 e. The second kappa shape index (κ2) is 8.71. The lowest BCUT2D eigenvalue weighted by Gasteiger charge is -2.11. The lowest BCUT2D eigenvalue weighted by atomic mass is 10.3. The zero-order valence-electron chi connectivity index (χ0n) is 15.3. The molecule has 0 bridgehead atoms. The fourth-order valence-electron chi connectivity index (χ4n) is 2.45. The van der Waals surface area contributed by atoms with Gasteiger partial charge in [0.2, 0.25) is 0 Å². The molecule has 3 aromatic carbocycles. The van der Waals surface area contributed by atoms with Crippen molar-refractivity contribution in [1.29, 1.82) is 0 Å². The molecule has 0 fully saturated rings. The molecule has 0 heterocycles. The van der Waals surface area contributed by atoms with Crippen molar-refractivity contribution in [3.05, 3.63) is 86.9 Å². The number of nitrogens with zero attached hydrogens (tertiary/aromatic N) is 1. The van der Waals surface area contributed by atoms with Gasteiger partial charge in [0.15, 0.2) is 0 Å². The molecule has 31 heavy (non-hydrogen) atoms. The number of halogens is 2. The first-order valence-electron chi connectivity index (χ1n) is 8.33. The van der Waals surface area contributed by atoms with Gasteiger partial charge in [-0.25, -0.2) is 16.8 Å². The Labute approximate surface area is 187 Å². The van der Waals surface area contributed by atoms with E-state index in [0.29, 0.717) is 0 Å². The van der Waals surface area contributed by atoms with Gasteiger partial charge in [-0.3, -0.25) is 19.6 Å². The second-order valence-corrected chi connectivity index (χ2v) is 10.3. The number of nitro benzene ring substituents is 1. The molecule has 0 aliphatic carbocycles. The summed E-state index contributed by atoms with van der Waals surface area (Å²) >= 11 is 11.7. The normalized spacial score (nSPS) is 11.7. The van der Waals surface area contributed by atoms with E-state index in [0.717, 1.165) is 6.07 Å². The van der Waals surface area contributed by atoms with Gasteiger partial charge in [-0.1, -0.05) is 29.3 Å². The largest absolute Gasteiger partial charge is 0.280 e. The minimum Gasteiger partial charge on any atom is -0.280 e. The number of anilines is 2. The molecule has 3 rings (SSSR count). The SMILES string of the molecule is O=[N+]([O-])c1cccc(S(=O)(=O)Nc2ccc(S(=O)(=O)Nc3ccc(Cl)c(Cl)c3)cc2)c1. The van der Waals surface area contributed by atoms with Crippen LogP contribution in [0, 0.1) is 10.1 Å². The van der Waals surface area contributed by atoms with E-state index in [4.69, 9.17) is 23.2 Å². The van der Waals surface area contributed by atoms with Gasteiger partial charge < -0.3 is 0 Å². The van der Waals surface area contributed by atoms with Crippen LogP contribution in [0.25, 0.3) is 0 Å². The van der Waals surface area contributed by atoms with Crippen molar-refractivity contribution < 1.29 is 21.8 Å². The Morgan fingerprint density at radius 3 is 1.90 bits per heavy atom. The Balaban J connectivity index is 1.80. The number of sulfonamides is 2. The van der Waals surface area contributed by atoms with Gasteiger partial charge in [0.25, 0.3) is 25.7 Å². The first kappa shape index (κ1) is 22.8. The molecule has 2 N–H and O–H groups in total. The lowest BCUT2D eigenvalue weighted by Crippen LogP contribution is -2.14. The Morgan fingerprint density at radius 1 is 0.710 bits per heavy atom. The van der Waals surface area contributed by atoms with E-state index in [1.807, 2.05) is 0 Å². The number of nitro groups is 1. The molecular formula is C18H13Cl2N3O6S2. The van der Waals surface area contributed by atoms with Crippen molar-refractivity contribution >= 4 is 60.3 Å². The van der Waals surface area contributed by atoms with Gasteiger partial charge in [0.1, 0.15) is 0 Å². The van der Waals surface area contributed by atoms with E-state index < -0.39 is 25.0 Å². The molecule has 9 nitrogen and oxygen atoms in total. The van der Waals surface area contributed by atoms with Crippen LogP contribution in [-0.4, -0.2) is 21.8 Å². The van der Waals surface area contributed by atoms with Crippen LogP contribution in [0.4, 0.5) is 17.1 Å². The summed E-state index contributed by atoms with van der Waals surface area (Å²) in [7, 11) is -8.10. The van der Waals surface area contributed by atoms with Crippen LogP contribution in [0.15, 0.2) is 76.5 Å². The molecule has 0 saturated heterocycles. The number of nitrogens with one attached hydrogen (secondary N) is 2. The predicted molar refractivity (Wildman–Crippen MR) is 118 cm³/mol. The summed E-state index contributed by atoms with van der Waals surface area (Å²) in [5.74, 6) is 0. The third-order valence-electron chi connectivity index (χ3n) is 3.93. The first-order chi connectivity index (χ1) is 14.5. The van der Waals surface area contributed by atoms with E-state index in [1.54, 1.807) is 0 Å². The molecule has 0 aliphatic heterocycles. The van der Waals surface area contributed by atoms with Crippen LogP contribution < -0.4 is 9.44 Å². The minimum atomic E-state index is -4.12. The number of benzene rings is 3. The highest BCUT2D eigenvalue weighted by Gasteiger charge is 2.19. The van der Waals surface area contributed by atoms with Gasteiger partial charge in [0.05, 0.1) is 30.4 Å². The number of rotatable bonds is 7. The first-order valence-corrected chi connectivity index (χ1v) is 12.1. The number of hydrogen-bond donors (Lipinski definition) is 2. The van der Waals surface area contributed by atoms with Crippen molar-refractivity contribution in [3.63, 3.8) is 0 Å². The molecule has 3 aromatic rings. The van der Waals surface area contributed by atoms with Crippen LogP contribution in [0.5, 0.6) is 0 Å². The van der Waals surface area contributed by atoms with E-state index in [-0.39, 0.29) is 36.9 Å². The Kier molecular flexibility index (Phi) is 6.41. The number of non-ortho nitro benzene ring substituents is 1. The fourth-order valence-corrected chi connectivity index (χ4v) is 4.90. The lowest BCUT2D eigenvalue weighted by molar-refractivity contribution is -0.385. The van der Waals surface area contributed by atoms with E-state index >= 15 is 0 Å². The van der Waals surface area contributed by atoms with Crippen LogP contribution in [0.1, 0.15) is 0 Å². The smallest absolute Gasteiger partial charge is 0.270 e. The van der Waals surface area contributed by atoms with E-state index in [1.165, 1.54) is 60.7 Å². The highest BCUT2D eigenvalue weighted by Crippen LogP contribution is 2.27. The van der Waals surface area contributed by atoms with Crippen molar-refractivity contribution in [3.8, 4) is 0 Å². The average molecular weight is 502 g/mol. The van der Waals surface area contributed by atoms with Crippen LogP contribution in [0.2, 0.25) is 10.0 Å². The molecule has 13 heteroatoms. The topological polar surface area (TPSA) is 135 Å². The third kappa shape index (κ3) is 5.44. The Hall–Kier alpha value is -2.86. The summed E-state index contributed by atoms with van der Waals surface area (Å²) in [6.45, 7) is 0. The molecule has 162 valence electrons. The summed E-state index contributed by atoms with van der Waals surface area (Å²) in [6, 6.07) is 13.7. The summed E-state index contributed by atoms with van der Waals surface area (Å²) in [5, 5.41) is 11.3. The highest BCUT2D eigenvalue weighted by atomic mass is 35.5. The fraction of sp³-hybridized carbons (Fsp3) is 0. The van der Waals surface area contributed by atoms with Gasteiger partial charge in [-0.15, -0.1) is 0 Å². The highest BCUT2D eigenvalue weighted by molar-refractivity contribution is 7.93. The zero-order valence-corrected chi connectivity index (χ0v) is 18.5. The maximum absolute atomic E-state index is 12.5. The molecule has 0 unspecified atom stereocenters. The quantitative estimate of drug-likeness (QED) is 0.361. The van der Waals surface area contributed by atoms with E-state index in [9.17, 15) is 26.9 Å². The van der Waals surface area contributed by atoms with Crippen LogP contribution in [0.3, 0.4) is 0 Å². The van der Waals surface area contributed by atoms with Crippen molar-refractivity contribution in [1.82, 2.24) is 0 Å². The summed E-state index contributed by atoms with van der Waals surface area (Å²) < 4.78 is 54.6. The molecule has 0 saturated carbocycles. The molecule has 0 amide bonds. The maximum atomic E-state index is 12.5. The second-order valence-electron chi connectivity index (χ2n) is 6.12. The van der Waals surface area contributed by atoms with Crippen molar-refractivity contribution in [2.24, 2.45) is 0 Å².